The average molecular weight is 857 g/mol. The normalized spacial score (nSPS) is 13.0. The summed E-state index contributed by atoms with van der Waals surface area (Å²) in [5.74, 6) is 2.17. The first-order valence-corrected chi connectivity index (χ1v) is 21.7. The monoisotopic (exact) mass is 856 g/mol. The van der Waals surface area contributed by atoms with Crippen LogP contribution < -0.4 is 18.9 Å². The first-order chi connectivity index (χ1) is 31.1. The molecule has 0 saturated carbocycles. The van der Waals surface area contributed by atoms with Crippen LogP contribution >= 0.6 is 0 Å². The number of benzene rings is 6. The SMILES string of the molecule is COC(=O)c1ccc(CCc2cccc3c2C(Cc2cc(OC)ccc2OC)=CC3)cc1.COc1ccc(OC)c(/C=C2\CCc3cccc(CCc4ccc(C(=O)O)c(C)c4)c32)c1. The maximum absolute atomic E-state index is 11.7. The number of rotatable bonds is 15. The Balaban J connectivity index is 0.000000191. The Morgan fingerprint density at radius 2 is 1.25 bits per heavy atom. The Kier molecular flexibility index (Phi) is 14.7. The van der Waals surface area contributed by atoms with Gasteiger partial charge in [-0.25, -0.2) is 9.59 Å². The highest BCUT2D eigenvalue weighted by Crippen LogP contribution is 2.39. The third-order valence-corrected chi connectivity index (χ3v) is 12.2. The van der Waals surface area contributed by atoms with E-state index < -0.39 is 5.97 Å². The second-order valence-corrected chi connectivity index (χ2v) is 16.1. The van der Waals surface area contributed by atoms with Crippen LogP contribution in [0.2, 0.25) is 0 Å². The zero-order chi connectivity index (χ0) is 45.2. The fraction of sp³-hybridized carbons (Fsp3) is 0.250. The molecule has 0 bridgehead atoms. The molecule has 8 rings (SSSR count). The largest absolute Gasteiger partial charge is 0.497 e. The number of carboxylic acid groups (broad SMARTS) is 1. The molecule has 1 N–H and O–H groups in total. The maximum atomic E-state index is 11.7. The van der Waals surface area contributed by atoms with Crippen LogP contribution in [0.25, 0.3) is 17.2 Å². The molecule has 2 aliphatic rings. The van der Waals surface area contributed by atoms with Crippen molar-refractivity contribution in [1.82, 2.24) is 0 Å². The summed E-state index contributed by atoms with van der Waals surface area (Å²) in [6.07, 6.45) is 12.0. The summed E-state index contributed by atoms with van der Waals surface area (Å²) in [4.78, 5) is 22.9. The van der Waals surface area contributed by atoms with Gasteiger partial charge in [-0.1, -0.05) is 66.7 Å². The summed E-state index contributed by atoms with van der Waals surface area (Å²) in [5, 5.41) is 9.27. The van der Waals surface area contributed by atoms with Crippen LogP contribution in [-0.2, 0) is 49.7 Å². The van der Waals surface area contributed by atoms with E-state index in [4.69, 9.17) is 23.7 Å². The summed E-state index contributed by atoms with van der Waals surface area (Å²) in [6, 6.07) is 38.3. The first kappa shape index (κ1) is 45.0. The summed E-state index contributed by atoms with van der Waals surface area (Å²) in [7, 11) is 8.16. The highest BCUT2D eigenvalue weighted by atomic mass is 16.5. The molecule has 0 atom stereocenters. The summed E-state index contributed by atoms with van der Waals surface area (Å²) >= 11 is 0. The number of allylic oxidation sites excluding steroid dienone is 3. The number of fused-ring (bicyclic) bond motifs is 2. The minimum Gasteiger partial charge on any atom is -0.497 e. The van der Waals surface area contributed by atoms with Crippen LogP contribution in [0.5, 0.6) is 23.0 Å². The number of carboxylic acids is 1. The number of aromatic carboxylic acids is 1. The number of methoxy groups -OCH3 is 5. The Morgan fingerprint density at radius 3 is 1.91 bits per heavy atom. The molecule has 2 aliphatic carbocycles. The van der Waals surface area contributed by atoms with E-state index in [0.717, 1.165) is 96.6 Å². The number of esters is 1. The van der Waals surface area contributed by atoms with E-state index in [1.807, 2.05) is 73.7 Å². The van der Waals surface area contributed by atoms with Crippen molar-refractivity contribution in [3.8, 4) is 23.0 Å². The molecule has 0 aromatic heterocycles. The van der Waals surface area contributed by atoms with Crippen molar-refractivity contribution in [2.24, 2.45) is 0 Å². The number of carbonyl (C=O) groups is 2. The van der Waals surface area contributed by atoms with E-state index in [1.165, 1.54) is 57.2 Å². The van der Waals surface area contributed by atoms with E-state index in [1.54, 1.807) is 34.5 Å². The van der Waals surface area contributed by atoms with Gasteiger partial charge in [0.05, 0.1) is 46.7 Å². The predicted molar refractivity (Wildman–Crippen MR) is 254 cm³/mol. The molecule has 6 aromatic rings. The van der Waals surface area contributed by atoms with Crippen LogP contribution in [0.4, 0.5) is 0 Å². The molecular formula is C56H56O8. The lowest BCUT2D eigenvalue weighted by molar-refractivity contribution is 0.0599. The molecule has 64 heavy (non-hydrogen) atoms. The quantitative estimate of drug-likeness (QED) is 0.102. The standard InChI is InChI=1S/2C28H28O4/c1-30-25-15-16-26(31-2)24(18-25)17-23-14-13-21-6-4-5-20(27(21)23)10-7-19-8-11-22(12-9-19)28(29)32-3;1-18-15-19(8-13-25(18)28(29)30)7-9-20-5-4-6-21-10-11-22(27(20)21)16-23-17-24(31-2)12-14-26(23)32-3/h4-6,8-9,11-12,14-16,18H,7,10,13,17H2,1-3H3;4-6,8,12-17H,7,9-11H2,1-3H3,(H,29,30)/b;22-16+. The fourth-order valence-corrected chi connectivity index (χ4v) is 8.93. The van der Waals surface area contributed by atoms with Gasteiger partial charge in [0.1, 0.15) is 23.0 Å². The molecule has 328 valence electrons. The molecule has 0 spiro atoms. The van der Waals surface area contributed by atoms with Gasteiger partial charge in [-0.3, -0.25) is 0 Å². The molecule has 8 heteroatoms. The molecule has 8 nitrogen and oxygen atoms in total. The van der Waals surface area contributed by atoms with E-state index in [0.29, 0.717) is 11.1 Å². The number of ether oxygens (including phenoxy) is 5. The molecule has 6 aromatic carbocycles. The van der Waals surface area contributed by atoms with Crippen molar-refractivity contribution in [2.45, 2.75) is 58.3 Å². The molecular weight excluding hydrogens is 801 g/mol. The van der Waals surface area contributed by atoms with Gasteiger partial charge in [0.15, 0.2) is 0 Å². The van der Waals surface area contributed by atoms with E-state index in [9.17, 15) is 14.7 Å². The van der Waals surface area contributed by atoms with Crippen molar-refractivity contribution < 1.29 is 38.4 Å². The van der Waals surface area contributed by atoms with Gasteiger partial charge in [0, 0.05) is 17.5 Å². The molecule has 0 aliphatic heterocycles. The molecule has 0 fully saturated rings. The molecule has 0 heterocycles. The minimum absolute atomic E-state index is 0.305. The van der Waals surface area contributed by atoms with Crippen molar-refractivity contribution in [2.75, 3.05) is 35.5 Å². The zero-order valence-electron chi connectivity index (χ0n) is 37.6. The lowest BCUT2D eigenvalue weighted by Crippen LogP contribution is -2.02. The van der Waals surface area contributed by atoms with Gasteiger partial charge in [0.2, 0.25) is 0 Å². The van der Waals surface area contributed by atoms with Crippen LogP contribution in [0.1, 0.15) is 88.3 Å². The van der Waals surface area contributed by atoms with Crippen LogP contribution in [0, 0.1) is 6.92 Å². The van der Waals surface area contributed by atoms with E-state index >= 15 is 0 Å². The minimum atomic E-state index is -0.877. The van der Waals surface area contributed by atoms with Gasteiger partial charge < -0.3 is 28.8 Å². The van der Waals surface area contributed by atoms with Crippen LogP contribution in [0.3, 0.4) is 0 Å². The van der Waals surface area contributed by atoms with Crippen LogP contribution in [-0.4, -0.2) is 52.6 Å². The summed E-state index contributed by atoms with van der Waals surface area (Å²) in [6.45, 7) is 1.86. The van der Waals surface area contributed by atoms with Gasteiger partial charge in [0.25, 0.3) is 0 Å². The molecule has 0 radical (unpaired) electrons. The lowest BCUT2D eigenvalue weighted by Gasteiger charge is -2.15. The van der Waals surface area contributed by atoms with Gasteiger partial charge in [-0.2, -0.15) is 0 Å². The number of carbonyl (C=O) groups excluding carboxylic acids is 1. The Labute approximate surface area is 376 Å². The van der Waals surface area contributed by atoms with E-state index in [2.05, 4.69) is 54.6 Å². The van der Waals surface area contributed by atoms with Gasteiger partial charge in [-0.15, -0.1) is 0 Å². The number of hydrogen-bond acceptors (Lipinski definition) is 7. The Bertz CT molecular complexity index is 2710. The second kappa shape index (κ2) is 20.9. The molecule has 0 saturated heterocycles. The fourth-order valence-electron chi connectivity index (χ4n) is 8.93. The highest BCUT2D eigenvalue weighted by Gasteiger charge is 2.22. The van der Waals surface area contributed by atoms with Gasteiger partial charge >= 0.3 is 11.9 Å². The number of hydrogen-bond donors (Lipinski definition) is 1. The average Bonchev–Trinajstić information content (AvgIpc) is 3.94. The first-order valence-electron chi connectivity index (χ1n) is 21.7. The number of aryl methyl sites for hydroxylation is 6. The van der Waals surface area contributed by atoms with Crippen molar-refractivity contribution in [3.05, 3.63) is 194 Å². The third-order valence-electron chi connectivity index (χ3n) is 12.2. The smallest absolute Gasteiger partial charge is 0.337 e. The third kappa shape index (κ3) is 10.4. The van der Waals surface area contributed by atoms with Crippen molar-refractivity contribution in [1.29, 1.82) is 0 Å². The van der Waals surface area contributed by atoms with Crippen molar-refractivity contribution in [3.63, 3.8) is 0 Å². The summed E-state index contributed by atoms with van der Waals surface area (Å²) < 4.78 is 26.8. The topological polar surface area (TPSA) is 101 Å². The van der Waals surface area contributed by atoms with Gasteiger partial charge in [-0.05, 0) is 174 Å². The highest BCUT2D eigenvalue weighted by molar-refractivity contribution is 5.90. The predicted octanol–water partition coefficient (Wildman–Crippen LogP) is 11.4. The zero-order valence-corrected chi connectivity index (χ0v) is 37.6. The maximum Gasteiger partial charge on any atom is 0.337 e. The van der Waals surface area contributed by atoms with Crippen LogP contribution in [0.15, 0.2) is 121 Å². The Morgan fingerprint density at radius 1 is 0.609 bits per heavy atom. The second-order valence-electron chi connectivity index (χ2n) is 16.1. The summed E-state index contributed by atoms with van der Waals surface area (Å²) in [5.41, 5.74) is 17.1. The lowest BCUT2D eigenvalue weighted by atomic mass is 9.91. The molecule has 0 amide bonds. The van der Waals surface area contributed by atoms with E-state index in [-0.39, 0.29) is 5.97 Å². The molecule has 0 unspecified atom stereocenters. The van der Waals surface area contributed by atoms with Crippen molar-refractivity contribution >= 4 is 29.2 Å². The Hall–Kier alpha value is -7.06.